The van der Waals surface area contributed by atoms with Crippen LogP contribution in [0.5, 0.6) is 5.75 Å². The molecule has 3 rings (SSSR count). The summed E-state index contributed by atoms with van der Waals surface area (Å²) >= 11 is 4.06. The van der Waals surface area contributed by atoms with Crippen LogP contribution >= 0.6 is 45.2 Å². The van der Waals surface area contributed by atoms with Crippen molar-refractivity contribution in [2.24, 2.45) is 5.92 Å². The highest BCUT2D eigenvalue weighted by Crippen LogP contribution is 2.44. The number of ether oxygens (including phenoxy) is 3. The molecule has 15 heteroatoms. The Labute approximate surface area is 212 Å². The monoisotopic (exact) mass is 721 g/mol. The van der Waals surface area contributed by atoms with Crippen LogP contribution in [0.1, 0.15) is 42.5 Å². The molecule has 1 aromatic carbocycles. The molecule has 1 saturated carbocycles. The Kier molecular flexibility index (Phi) is 7.47. The molecule has 0 N–H and O–H groups in total. The Hall–Kier alpha value is -0.950. The lowest BCUT2D eigenvalue weighted by molar-refractivity contribution is -0.187. The lowest BCUT2D eigenvalue weighted by Gasteiger charge is -2.41. The van der Waals surface area contributed by atoms with Crippen molar-refractivity contribution in [3.63, 3.8) is 0 Å². The fraction of sp³-hybridized carbons (Fsp3) is 0.556. The number of esters is 2. The van der Waals surface area contributed by atoms with Crippen LogP contribution in [-0.4, -0.2) is 48.5 Å². The largest absolute Gasteiger partial charge is 0.743 e. The molecule has 1 heterocycles. The Balaban J connectivity index is 1.56. The van der Waals surface area contributed by atoms with Crippen LogP contribution < -0.4 is 4.74 Å². The van der Waals surface area contributed by atoms with Gasteiger partial charge in [0.1, 0.15) is 11.3 Å². The molecule has 0 radical (unpaired) electrons. The number of carbonyl (C=O) groups is 2. The minimum atomic E-state index is -6.61. The van der Waals surface area contributed by atoms with E-state index in [-0.39, 0.29) is 25.7 Å². The number of alkyl halides is 4. The van der Waals surface area contributed by atoms with Gasteiger partial charge in [-0.1, -0.05) is 0 Å². The fourth-order valence-corrected chi connectivity index (χ4v) is 5.06. The van der Waals surface area contributed by atoms with E-state index in [2.05, 4.69) is 27.3 Å². The zero-order valence-electron chi connectivity index (χ0n) is 16.4. The summed E-state index contributed by atoms with van der Waals surface area (Å²) in [6, 6.07) is 3.41. The van der Waals surface area contributed by atoms with Crippen molar-refractivity contribution in [1.82, 2.24) is 0 Å². The van der Waals surface area contributed by atoms with Gasteiger partial charge in [-0.3, -0.25) is 4.79 Å². The molecular weight excluding hydrogens is 706 g/mol. The summed E-state index contributed by atoms with van der Waals surface area (Å²) in [5, 5.41) is -5.84. The summed E-state index contributed by atoms with van der Waals surface area (Å²) in [4.78, 5) is 24.7. The van der Waals surface area contributed by atoms with Crippen LogP contribution in [0.15, 0.2) is 12.1 Å². The highest BCUT2D eigenvalue weighted by molar-refractivity contribution is 14.1. The van der Waals surface area contributed by atoms with Gasteiger partial charge in [-0.05, 0) is 70.2 Å². The van der Waals surface area contributed by atoms with Crippen molar-refractivity contribution < 1.29 is 54.3 Å². The number of hydrogen-bond donors (Lipinski definition) is 0. The van der Waals surface area contributed by atoms with Gasteiger partial charge in [-0.2, -0.15) is 17.6 Å². The van der Waals surface area contributed by atoms with E-state index in [4.69, 9.17) is 9.47 Å². The van der Waals surface area contributed by atoms with Crippen molar-refractivity contribution in [3.8, 4) is 5.75 Å². The first-order chi connectivity index (χ1) is 15.1. The first kappa shape index (κ1) is 26.7. The van der Waals surface area contributed by atoms with E-state index < -0.39 is 58.0 Å². The molecule has 1 aromatic rings. The van der Waals surface area contributed by atoms with E-state index >= 15 is 0 Å². The standard InChI is InChI=1S/C18H16F4I2O8S/c19-17(20,18(21,22)33(27,28)29)7-8-30-14(25)9-3-5-16(6-4-9)31-11-2-1-10(23)13(24)12(11)15(26)32-16/h1-2,9H,3-8H2,(H,27,28,29)/p-1. The maximum absolute atomic E-state index is 13.5. The van der Waals surface area contributed by atoms with Gasteiger partial charge in [0.2, 0.25) is 0 Å². The second-order valence-corrected chi connectivity index (χ2v) is 11.2. The van der Waals surface area contributed by atoms with E-state index in [9.17, 15) is 40.1 Å². The summed E-state index contributed by atoms with van der Waals surface area (Å²) in [6.07, 6.45) is -1.44. The Morgan fingerprint density at radius 1 is 1.18 bits per heavy atom. The van der Waals surface area contributed by atoms with Crippen LogP contribution in [0.4, 0.5) is 17.6 Å². The number of hydrogen-bond acceptors (Lipinski definition) is 8. The summed E-state index contributed by atoms with van der Waals surface area (Å²) in [6.45, 7) is -1.21. The van der Waals surface area contributed by atoms with Gasteiger partial charge in [-0.15, -0.1) is 0 Å². The molecule has 8 nitrogen and oxygen atoms in total. The third-order valence-corrected chi connectivity index (χ3v) is 9.29. The van der Waals surface area contributed by atoms with Crippen molar-refractivity contribution in [1.29, 1.82) is 0 Å². The molecule has 1 fully saturated rings. The summed E-state index contributed by atoms with van der Waals surface area (Å²) in [5.74, 6) is -8.49. The van der Waals surface area contributed by atoms with Gasteiger partial charge in [-0.25, -0.2) is 13.2 Å². The van der Waals surface area contributed by atoms with Gasteiger partial charge in [0.15, 0.2) is 10.1 Å². The first-order valence-electron chi connectivity index (χ1n) is 9.38. The number of benzene rings is 1. The summed E-state index contributed by atoms with van der Waals surface area (Å²) < 4.78 is 102. The molecule has 0 bridgehead atoms. The van der Waals surface area contributed by atoms with E-state index in [0.29, 0.717) is 14.9 Å². The van der Waals surface area contributed by atoms with Gasteiger partial charge in [0.25, 0.3) is 5.79 Å². The number of carbonyl (C=O) groups excluding carboxylic acids is 2. The van der Waals surface area contributed by atoms with Crippen molar-refractivity contribution in [2.45, 2.75) is 49.1 Å². The zero-order valence-corrected chi connectivity index (χ0v) is 21.5. The van der Waals surface area contributed by atoms with Crippen LogP contribution in [0.2, 0.25) is 0 Å². The van der Waals surface area contributed by atoms with Gasteiger partial charge < -0.3 is 18.8 Å². The van der Waals surface area contributed by atoms with Crippen LogP contribution in [0.3, 0.4) is 0 Å². The van der Waals surface area contributed by atoms with Crippen LogP contribution in [0.25, 0.3) is 0 Å². The predicted octanol–water partition coefficient (Wildman–Crippen LogP) is 4.04. The second kappa shape index (κ2) is 9.25. The van der Waals surface area contributed by atoms with E-state index in [1.54, 1.807) is 12.1 Å². The SMILES string of the molecule is O=C1OC2(CCC(C(=O)OCCC(F)(F)C(F)(F)S(=O)(=O)[O-])CC2)Oc2ccc(I)c(I)c21. The Morgan fingerprint density at radius 3 is 2.36 bits per heavy atom. The Bertz CT molecular complexity index is 1070. The molecule has 0 atom stereocenters. The smallest absolute Gasteiger partial charge is 0.396 e. The lowest BCUT2D eigenvalue weighted by atomic mass is 9.84. The normalized spacial score (nSPS) is 23.5. The molecule has 1 spiro atoms. The molecular formula is C18H15F4I2O8S-. The summed E-state index contributed by atoms with van der Waals surface area (Å²) in [7, 11) is -6.61. The number of fused-ring (bicyclic) bond motifs is 1. The molecule has 0 unspecified atom stereocenters. The molecule has 1 aliphatic heterocycles. The molecule has 2 aliphatic rings. The van der Waals surface area contributed by atoms with Crippen molar-refractivity contribution >= 4 is 67.2 Å². The first-order valence-corrected chi connectivity index (χ1v) is 12.9. The third-order valence-electron chi connectivity index (χ3n) is 5.32. The minimum absolute atomic E-state index is 0.100. The molecule has 0 aromatic heterocycles. The van der Waals surface area contributed by atoms with Crippen LogP contribution in [0, 0.1) is 13.1 Å². The maximum Gasteiger partial charge on any atom is 0.396 e. The highest BCUT2D eigenvalue weighted by atomic mass is 127. The molecule has 33 heavy (non-hydrogen) atoms. The van der Waals surface area contributed by atoms with Gasteiger partial charge >= 0.3 is 23.1 Å². The third kappa shape index (κ3) is 5.19. The summed E-state index contributed by atoms with van der Waals surface area (Å²) in [5.41, 5.74) is 0.299. The number of rotatable bonds is 6. The van der Waals surface area contributed by atoms with Crippen molar-refractivity contribution in [3.05, 3.63) is 24.8 Å². The van der Waals surface area contributed by atoms with E-state index in [0.717, 1.165) is 3.57 Å². The average molecular weight is 721 g/mol. The molecule has 184 valence electrons. The quantitative estimate of drug-likeness (QED) is 0.187. The fourth-order valence-electron chi connectivity index (χ4n) is 3.47. The topological polar surface area (TPSA) is 119 Å². The maximum atomic E-state index is 13.5. The van der Waals surface area contributed by atoms with Gasteiger partial charge in [0.05, 0.1) is 18.9 Å². The lowest BCUT2D eigenvalue weighted by Crippen LogP contribution is -2.48. The van der Waals surface area contributed by atoms with Gasteiger partial charge in [0, 0.05) is 20.0 Å². The van der Waals surface area contributed by atoms with E-state index in [1.807, 2.05) is 22.6 Å². The Morgan fingerprint density at radius 2 is 1.79 bits per heavy atom. The van der Waals surface area contributed by atoms with Crippen molar-refractivity contribution in [2.75, 3.05) is 6.61 Å². The van der Waals surface area contributed by atoms with Crippen LogP contribution in [-0.2, 0) is 24.4 Å². The average Bonchev–Trinajstić information content (AvgIpc) is 2.70. The van der Waals surface area contributed by atoms with E-state index in [1.165, 1.54) is 0 Å². The molecule has 0 amide bonds. The molecule has 1 aliphatic carbocycles. The predicted molar refractivity (Wildman–Crippen MR) is 118 cm³/mol. The highest BCUT2D eigenvalue weighted by Gasteiger charge is 2.61. The molecule has 0 saturated heterocycles. The second-order valence-electron chi connectivity index (χ2n) is 7.50. The number of halogens is 6. The minimum Gasteiger partial charge on any atom is -0.743 e. The zero-order chi connectivity index (χ0) is 24.8.